The number of nitrogens with one attached hydrogen (secondary N) is 1. The number of hydrogen-bond donors (Lipinski definition) is 1. The van der Waals surface area contributed by atoms with E-state index in [1.807, 2.05) is 24.3 Å². The molecule has 0 saturated heterocycles. The molecule has 0 atom stereocenters. The molecular weight excluding hydrogens is 258 g/mol. The second kappa shape index (κ2) is 8.09. The Labute approximate surface area is 120 Å². The molecule has 2 nitrogen and oxygen atoms in total. The molecule has 1 aromatic carbocycles. The average Bonchev–Trinajstić information content (AvgIpc) is 2.47. The molecule has 19 heavy (non-hydrogen) atoms. The van der Waals surface area contributed by atoms with Gasteiger partial charge in [-0.25, -0.2) is 4.84 Å². The van der Waals surface area contributed by atoms with Crippen LogP contribution in [0.4, 0.5) is 0 Å². The highest BCUT2D eigenvalue weighted by atomic mass is 35.5. The summed E-state index contributed by atoms with van der Waals surface area (Å²) in [5.74, 6) is 7.62. The van der Waals surface area contributed by atoms with E-state index in [1.54, 1.807) is 0 Å². The van der Waals surface area contributed by atoms with E-state index in [2.05, 4.69) is 16.7 Å². The van der Waals surface area contributed by atoms with E-state index < -0.39 is 0 Å². The Morgan fingerprint density at radius 3 is 2.89 bits per heavy atom. The van der Waals surface area contributed by atoms with Crippen molar-refractivity contribution in [3.8, 4) is 17.6 Å². The lowest BCUT2D eigenvalue weighted by Crippen LogP contribution is -2.15. The molecule has 0 aliphatic heterocycles. The molecule has 1 N–H and O–H groups in total. The SMILES string of the molecule is ClNCC#Cc1cccc(OCC2CCCCC2)c1. The van der Waals surface area contributed by atoms with E-state index in [-0.39, 0.29) is 0 Å². The van der Waals surface area contributed by atoms with Gasteiger partial charge in [0, 0.05) is 5.56 Å². The summed E-state index contributed by atoms with van der Waals surface area (Å²) in [5, 5.41) is 0. The van der Waals surface area contributed by atoms with Crippen molar-refractivity contribution in [3.63, 3.8) is 0 Å². The van der Waals surface area contributed by atoms with Crippen LogP contribution < -0.4 is 9.57 Å². The number of hydrogen-bond acceptors (Lipinski definition) is 2. The summed E-state index contributed by atoms with van der Waals surface area (Å²) in [6.07, 6.45) is 6.70. The zero-order chi connectivity index (χ0) is 13.3. The van der Waals surface area contributed by atoms with Gasteiger partial charge in [-0.05, 0) is 48.7 Å². The smallest absolute Gasteiger partial charge is 0.120 e. The van der Waals surface area contributed by atoms with E-state index in [0.29, 0.717) is 6.54 Å². The fourth-order valence-corrected chi connectivity index (χ4v) is 2.48. The summed E-state index contributed by atoms with van der Waals surface area (Å²) < 4.78 is 5.88. The first-order chi connectivity index (χ1) is 9.38. The van der Waals surface area contributed by atoms with Gasteiger partial charge in [-0.3, -0.25) is 0 Å². The normalized spacial score (nSPS) is 15.6. The average molecular weight is 278 g/mol. The van der Waals surface area contributed by atoms with Crippen molar-refractivity contribution in [2.24, 2.45) is 5.92 Å². The van der Waals surface area contributed by atoms with E-state index >= 15 is 0 Å². The summed E-state index contributed by atoms with van der Waals surface area (Å²) in [6, 6.07) is 7.95. The van der Waals surface area contributed by atoms with Crippen molar-refractivity contribution in [2.75, 3.05) is 13.2 Å². The second-order valence-electron chi connectivity index (χ2n) is 4.96. The summed E-state index contributed by atoms with van der Waals surface area (Å²) in [7, 11) is 0. The number of rotatable bonds is 4. The molecule has 3 heteroatoms. The summed E-state index contributed by atoms with van der Waals surface area (Å²) in [6.45, 7) is 1.31. The topological polar surface area (TPSA) is 21.3 Å². The fourth-order valence-electron chi connectivity index (χ4n) is 2.41. The first-order valence-corrected chi connectivity index (χ1v) is 7.31. The van der Waals surface area contributed by atoms with Gasteiger partial charge < -0.3 is 4.74 Å². The van der Waals surface area contributed by atoms with E-state index in [9.17, 15) is 0 Å². The van der Waals surface area contributed by atoms with Crippen LogP contribution in [-0.4, -0.2) is 13.2 Å². The molecule has 0 aromatic heterocycles. The standard InChI is InChI=1S/C16H20ClNO/c17-18-11-5-9-14-8-4-10-16(12-14)19-13-15-6-2-1-3-7-15/h4,8,10,12,15,18H,1-3,6-7,11,13H2. The van der Waals surface area contributed by atoms with Crippen LogP contribution in [0.15, 0.2) is 24.3 Å². The third-order valence-electron chi connectivity index (χ3n) is 3.43. The molecule has 1 aliphatic rings. The predicted molar refractivity (Wildman–Crippen MR) is 79.2 cm³/mol. The zero-order valence-corrected chi connectivity index (χ0v) is 11.9. The van der Waals surface area contributed by atoms with Crippen molar-refractivity contribution < 1.29 is 4.74 Å². The Morgan fingerprint density at radius 1 is 1.26 bits per heavy atom. The van der Waals surface area contributed by atoms with Gasteiger partial charge >= 0.3 is 0 Å². The maximum atomic E-state index is 5.88. The fraction of sp³-hybridized carbons (Fsp3) is 0.500. The highest BCUT2D eigenvalue weighted by Crippen LogP contribution is 2.24. The van der Waals surface area contributed by atoms with Gasteiger partial charge in [0.2, 0.25) is 0 Å². The van der Waals surface area contributed by atoms with Gasteiger partial charge in [-0.1, -0.05) is 37.2 Å². The second-order valence-corrected chi connectivity index (χ2v) is 5.22. The molecule has 2 rings (SSSR count). The molecule has 0 heterocycles. The van der Waals surface area contributed by atoms with Gasteiger partial charge in [0.15, 0.2) is 0 Å². The molecule has 1 aliphatic carbocycles. The molecule has 102 valence electrons. The third kappa shape index (κ3) is 5.14. The molecule has 0 unspecified atom stereocenters. The quantitative estimate of drug-likeness (QED) is 0.669. The minimum atomic E-state index is 0.481. The Balaban J connectivity index is 1.86. The Morgan fingerprint density at radius 2 is 2.11 bits per heavy atom. The first kappa shape index (κ1) is 14.2. The lowest BCUT2D eigenvalue weighted by molar-refractivity contribution is 0.209. The van der Waals surface area contributed by atoms with Gasteiger partial charge in [-0.2, -0.15) is 0 Å². The first-order valence-electron chi connectivity index (χ1n) is 6.94. The molecular formula is C16H20ClNO. The summed E-state index contributed by atoms with van der Waals surface area (Å²) in [4.78, 5) is 2.49. The number of ether oxygens (including phenoxy) is 1. The van der Waals surface area contributed by atoms with Crippen LogP contribution in [0.3, 0.4) is 0 Å². The van der Waals surface area contributed by atoms with Crippen LogP contribution in [0.25, 0.3) is 0 Å². The van der Waals surface area contributed by atoms with Crippen molar-refractivity contribution in [2.45, 2.75) is 32.1 Å². The Kier molecular flexibility index (Phi) is 6.07. The molecule has 1 aromatic rings. The van der Waals surface area contributed by atoms with E-state index in [0.717, 1.165) is 23.8 Å². The molecule has 0 amide bonds. The predicted octanol–water partition coefficient (Wildman–Crippen LogP) is 3.74. The summed E-state index contributed by atoms with van der Waals surface area (Å²) >= 11 is 5.36. The largest absolute Gasteiger partial charge is 0.493 e. The minimum absolute atomic E-state index is 0.481. The minimum Gasteiger partial charge on any atom is -0.493 e. The molecule has 1 saturated carbocycles. The van der Waals surface area contributed by atoms with Crippen LogP contribution >= 0.6 is 11.8 Å². The Bertz CT molecular complexity index is 444. The lowest BCUT2D eigenvalue weighted by Gasteiger charge is -2.21. The molecule has 0 bridgehead atoms. The van der Waals surface area contributed by atoms with E-state index in [1.165, 1.54) is 32.1 Å². The van der Waals surface area contributed by atoms with Crippen LogP contribution in [-0.2, 0) is 0 Å². The molecule has 0 spiro atoms. The van der Waals surface area contributed by atoms with Crippen LogP contribution in [0.5, 0.6) is 5.75 Å². The van der Waals surface area contributed by atoms with Gasteiger partial charge in [0.1, 0.15) is 5.75 Å². The maximum Gasteiger partial charge on any atom is 0.120 e. The van der Waals surface area contributed by atoms with Gasteiger partial charge in [0.25, 0.3) is 0 Å². The Hall–Kier alpha value is -1.17. The number of halogens is 1. The lowest BCUT2D eigenvalue weighted by atomic mass is 9.90. The van der Waals surface area contributed by atoms with Crippen molar-refractivity contribution in [3.05, 3.63) is 29.8 Å². The van der Waals surface area contributed by atoms with Crippen LogP contribution in [0, 0.1) is 17.8 Å². The highest BCUT2D eigenvalue weighted by molar-refractivity contribution is 6.13. The van der Waals surface area contributed by atoms with Crippen LogP contribution in [0.2, 0.25) is 0 Å². The van der Waals surface area contributed by atoms with E-state index in [4.69, 9.17) is 16.5 Å². The monoisotopic (exact) mass is 277 g/mol. The molecule has 0 radical (unpaired) electrons. The number of benzene rings is 1. The van der Waals surface area contributed by atoms with Crippen molar-refractivity contribution in [1.29, 1.82) is 0 Å². The molecule has 1 fully saturated rings. The highest BCUT2D eigenvalue weighted by Gasteiger charge is 2.13. The zero-order valence-electron chi connectivity index (χ0n) is 11.1. The van der Waals surface area contributed by atoms with Crippen molar-refractivity contribution in [1.82, 2.24) is 4.84 Å². The van der Waals surface area contributed by atoms with Gasteiger partial charge in [-0.15, -0.1) is 0 Å². The van der Waals surface area contributed by atoms with Crippen LogP contribution in [0.1, 0.15) is 37.7 Å². The maximum absolute atomic E-state index is 5.88. The summed E-state index contributed by atoms with van der Waals surface area (Å²) in [5.41, 5.74) is 0.966. The van der Waals surface area contributed by atoms with Gasteiger partial charge in [0.05, 0.1) is 13.2 Å². The van der Waals surface area contributed by atoms with Crippen molar-refractivity contribution >= 4 is 11.8 Å². The third-order valence-corrected chi connectivity index (χ3v) is 3.57.